The van der Waals surface area contributed by atoms with Crippen LogP contribution in [0.15, 0.2) is 77.8 Å². The Bertz CT molecular complexity index is 1570. The fourth-order valence-corrected chi connectivity index (χ4v) is 4.44. The molecule has 0 aliphatic heterocycles. The van der Waals surface area contributed by atoms with Crippen LogP contribution in [0.4, 0.5) is 11.4 Å². The van der Waals surface area contributed by atoms with Crippen molar-refractivity contribution < 1.29 is 24.2 Å². The number of anilines is 1. The molecular weight excluding hydrogens is 496 g/mol. The number of rotatable bonds is 8. The first kappa shape index (κ1) is 27.1. The van der Waals surface area contributed by atoms with E-state index in [0.717, 1.165) is 5.56 Å². The average Bonchev–Trinajstić information content (AvgIpc) is 3.23. The minimum absolute atomic E-state index is 0.101. The number of hydrogen-bond acceptors (Lipinski definition) is 6. The number of amides is 2. The molecule has 3 aromatic carbocycles. The smallest absolute Gasteiger partial charge is 0.338 e. The number of esters is 1. The van der Waals surface area contributed by atoms with Gasteiger partial charge in [-0.25, -0.2) is 9.79 Å². The van der Waals surface area contributed by atoms with Gasteiger partial charge in [-0.3, -0.25) is 14.5 Å². The molecular formula is C30H30N4O5. The topological polar surface area (TPSA) is 138 Å². The third kappa shape index (κ3) is 5.38. The van der Waals surface area contributed by atoms with Crippen molar-refractivity contribution in [2.45, 2.75) is 33.2 Å². The third-order valence-electron chi connectivity index (χ3n) is 6.40. The van der Waals surface area contributed by atoms with Crippen LogP contribution in [0.25, 0.3) is 10.9 Å². The summed E-state index contributed by atoms with van der Waals surface area (Å²) in [6.07, 6.45) is 0. The molecule has 0 spiro atoms. The summed E-state index contributed by atoms with van der Waals surface area (Å²) in [5.41, 5.74) is 8.00. The predicted molar refractivity (Wildman–Crippen MR) is 151 cm³/mol. The Labute approximate surface area is 225 Å². The maximum absolute atomic E-state index is 12.4. The Balaban J connectivity index is 1.82. The molecule has 0 aliphatic rings. The molecule has 2 amide bonds. The van der Waals surface area contributed by atoms with Gasteiger partial charge in [-0.2, -0.15) is 0 Å². The van der Waals surface area contributed by atoms with Gasteiger partial charge >= 0.3 is 5.97 Å². The zero-order chi connectivity index (χ0) is 28.3. The van der Waals surface area contributed by atoms with Gasteiger partial charge in [-0.05, 0) is 57.2 Å². The number of H-pyrrole nitrogens is 1. The number of primary amides is 1. The minimum atomic E-state index is -1.23. The molecule has 0 saturated heterocycles. The van der Waals surface area contributed by atoms with Gasteiger partial charge in [0, 0.05) is 29.1 Å². The van der Waals surface area contributed by atoms with Gasteiger partial charge in [-0.15, -0.1) is 0 Å². The zero-order valence-electron chi connectivity index (χ0n) is 22.2. The number of hydrogen-bond donors (Lipinski definition) is 3. The number of nitrogens with two attached hydrogens (primary N) is 1. The van der Waals surface area contributed by atoms with Crippen LogP contribution in [0.1, 0.15) is 49.2 Å². The molecule has 9 heteroatoms. The van der Waals surface area contributed by atoms with E-state index in [0.29, 0.717) is 39.1 Å². The summed E-state index contributed by atoms with van der Waals surface area (Å²) >= 11 is 0. The van der Waals surface area contributed by atoms with Gasteiger partial charge in [0.15, 0.2) is 5.88 Å². The van der Waals surface area contributed by atoms with Crippen LogP contribution < -0.4 is 10.6 Å². The summed E-state index contributed by atoms with van der Waals surface area (Å²) in [5.74, 6) is -1.51. The summed E-state index contributed by atoms with van der Waals surface area (Å²) in [7, 11) is 0. The van der Waals surface area contributed by atoms with Crippen LogP contribution in [-0.4, -0.2) is 45.7 Å². The highest BCUT2D eigenvalue weighted by Gasteiger charge is 2.35. The molecule has 0 bridgehead atoms. The van der Waals surface area contributed by atoms with E-state index in [1.807, 2.05) is 30.3 Å². The van der Waals surface area contributed by atoms with E-state index < -0.39 is 17.4 Å². The van der Waals surface area contributed by atoms with Crippen molar-refractivity contribution in [2.24, 2.45) is 10.7 Å². The van der Waals surface area contributed by atoms with E-state index in [1.165, 1.54) is 11.8 Å². The Morgan fingerprint density at radius 2 is 1.67 bits per heavy atom. The van der Waals surface area contributed by atoms with Gasteiger partial charge in [0.2, 0.25) is 11.8 Å². The number of carbonyl (C=O) groups is 3. The molecule has 0 saturated carbocycles. The van der Waals surface area contributed by atoms with E-state index in [1.54, 1.807) is 63.2 Å². The molecule has 0 unspecified atom stereocenters. The lowest BCUT2D eigenvalue weighted by molar-refractivity contribution is -0.126. The van der Waals surface area contributed by atoms with Crippen molar-refractivity contribution in [3.63, 3.8) is 0 Å². The van der Waals surface area contributed by atoms with E-state index in [-0.39, 0.29) is 18.4 Å². The Hall–Kier alpha value is -4.92. The number of carbonyl (C=O) groups excluding carboxylic acids is 3. The van der Waals surface area contributed by atoms with Crippen LogP contribution in [-0.2, 0) is 14.3 Å². The maximum Gasteiger partial charge on any atom is 0.338 e. The van der Waals surface area contributed by atoms with Gasteiger partial charge in [0.1, 0.15) is 5.54 Å². The van der Waals surface area contributed by atoms with E-state index in [4.69, 9.17) is 15.5 Å². The van der Waals surface area contributed by atoms with E-state index in [2.05, 4.69) is 4.98 Å². The number of aromatic hydroxyl groups is 1. The SMILES string of the molecule is CCOC(=O)c1ccc2c(C(=Nc3ccc(N(C(C)=O)C(C)(C)C(N)=O)cc3)c3ccccc3)c(O)[nH]c2c1. The van der Waals surface area contributed by atoms with Gasteiger partial charge in [-0.1, -0.05) is 36.4 Å². The lowest BCUT2D eigenvalue weighted by atomic mass is 9.99. The van der Waals surface area contributed by atoms with Crippen molar-refractivity contribution in [1.82, 2.24) is 4.98 Å². The highest BCUT2D eigenvalue weighted by Crippen LogP contribution is 2.33. The number of benzene rings is 3. The van der Waals surface area contributed by atoms with Crippen LogP contribution >= 0.6 is 0 Å². The average molecular weight is 527 g/mol. The number of nitrogens with zero attached hydrogens (tertiary/aromatic N) is 2. The Kier molecular flexibility index (Phi) is 7.53. The van der Waals surface area contributed by atoms with Gasteiger partial charge < -0.3 is 20.6 Å². The number of aliphatic imine (C=N–C) groups is 1. The summed E-state index contributed by atoms with van der Waals surface area (Å²) in [6, 6.07) is 21.2. The molecule has 39 heavy (non-hydrogen) atoms. The molecule has 4 rings (SSSR count). The third-order valence-corrected chi connectivity index (χ3v) is 6.40. The van der Waals surface area contributed by atoms with Gasteiger partial charge in [0.25, 0.3) is 0 Å². The minimum Gasteiger partial charge on any atom is -0.494 e. The number of nitrogens with one attached hydrogen (secondary N) is 1. The number of aromatic amines is 1. The number of aromatic nitrogens is 1. The molecule has 0 radical (unpaired) electrons. The van der Waals surface area contributed by atoms with Crippen molar-refractivity contribution >= 4 is 45.8 Å². The standard InChI is InChI=1S/C30H30N4O5/c1-5-39-28(37)20-11-16-23-24(17-20)33-27(36)25(23)26(19-9-7-6-8-10-19)32-21-12-14-22(15-13-21)34(18(2)35)30(3,4)29(31)38/h6-17,33,36H,5H2,1-4H3,(H2,31,38). The number of fused-ring (bicyclic) bond motifs is 1. The molecule has 0 fully saturated rings. The molecule has 1 aromatic heterocycles. The summed E-state index contributed by atoms with van der Waals surface area (Å²) < 4.78 is 5.10. The summed E-state index contributed by atoms with van der Waals surface area (Å²) in [6.45, 7) is 6.54. The second kappa shape index (κ2) is 10.8. The van der Waals surface area contributed by atoms with Crippen LogP contribution in [0.3, 0.4) is 0 Å². The van der Waals surface area contributed by atoms with Crippen LogP contribution in [0, 0.1) is 0 Å². The first-order chi connectivity index (χ1) is 18.5. The second-order valence-corrected chi connectivity index (χ2v) is 9.45. The normalized spacial score (nSPS) is 11.8. The molecule has 0 atom stereocenters. The highest BCUT2D eigenvalue weighted by atomic mass is 16.5. The van der Waals surface area contributed by atoms with E-state index >= 15 is 0 Å². The Morgan fingerprint density at radius 1 is 1.00 bits per heavy atom. The van der Waals surface area contributed by atoms with Crippen molar-refractivity contribution in [3.05, 3.63) is 89.5 Å². The first-order valence-corrected chi connectivity index (χ1v) is 12.4. The molecule has 4 N–H and O–H groups in total. The predicted octanol–water partition coefficient (Wildman–Crippen LogP) is 4.84. The van der Waals surface area contributed by atoms with Crippen LogP contribution in [0.5, 0.6) is 5.88 Å². The highest BCUT2D eigenvalue weighted by molar-refractivity contribution is 6.22. The summed E-state index contributed by atoms with van der Waals surface area (Å²) in [5, 5.41) is 11.6. The quantitative estimate of drug-likeness (QED) is 0.223. The monoisotopic (exact) mass is 526 g/mol. The molecule has 9 nitrogen and oxygen atoms in total. The molecule has 1 heterocycles. The first-order valence-electron chi connectivity index (χ1n) is 12.4. The Morgan fingerprint density at radius 3 is 2.26 bits per heavy atom. The maximum atomic E-state index is 12.4. The lowest BCUT2D eigenvalue weighted by Gasteiger charge is -2.35. The van der Waals surface area contributed by atoms with Gasteiger partial charge in [0.05, 0.1) is 29.1 Å². The van der Waals surface area contributed by atoms with Crippen molar-refractivity contribution in [2.75, 3.05) is 11.5 Å². The molecule has 0 aliphatic carbocycles. The lowest BCUT2D eigenvalue weighted by Crippen LogP contribution is -2.55. The second-order valence-electron chi connectivity index (χ2n) is 9.45. The fourth-order valence-electron chi connectivity index (χ4n) is 4.44. The largest absolute Gasteiger partial charge is 0.494 e. The van der Waals surface area contributed by atoms with Crippen molar-refractivity contribution in [3.8, 4) is 5.88 Å². The number of ether oxygens (including phenoxy) is 1. The van der Waals surface area contributed by atoms with Crippen molar-refractivity contribution in [1.29, 1.82) is 0 Å². The molecule has 200 valence electrons. The zero-order valence-corrected chi connectivity index (χ0v) is 22.2. The van der Waals surface area contributed by atoms with Crippen LogP contribution in [0.2, 0.25) is 0 Å². The molecule has 4 aromatic rings. The summed E-state index contributed by atoms with van der Waals surface area (Å²) in [4.78, 5) is 45.8. The fraction of sp³-hybridized carbons (Fsp3) is 0.200. The van der Waals surface area contributed by atoms with E-state index in [9.17, 15) is 19.5 Å².